The number of aromatic nitrogens is 1. The quantitative estimate of drug-likeness (QED) is 0.759. The van der Waals surface area contributed by atoms with Gasteiger partial charge >= 0.3 is 0 Å². The molecule has 2 aromatic heterocycles. The molecule has 2 amide bonds. The molecule has 0 aliphatic rings. The largest absolute Gasteiger partial charge is 0.440 e. The molecule has 7 heteroatoms. The molecule has 0 aromatic carbocycles. The van der Waals surface area contributed by atoms with E-state index in [0.29, 0.717) is 30.4 Å². The number of nitrogens with zero attached hydrogens (tertiary/aromatic N) is 1. The van der Waals surface area contributed by atoms with Gasteiger partial charge in [0.05, 0.1) is 17.0 Å². The maximum Gasteiger partial charge on any atom is 0.236 e. The summed E-state index contributed by atoms with van der Waals surface area (Å²) < 4.78 is 5.61. The number of hydrogen-bond donors (Lipinski definition) is 2. The molecule has 0 saturated carbocycles. The monoisotopic (exact) mass is 335 g/mol. The summed E-state index contributed by atoms with van der Waals surface area (Å²) in [5, 5.41) is 7.46. The Bertz CT molecular complexity index is 662. The van der Waals surface area contributed by atoms with E-state index in [2.05, 4.69) is 15.6 Å². The lowest BCUT2D eigenvalue weighted by molar-refractivity contribution is -0.124. The minimum absolute atomic E-state index is 0.0211. The van der Waals surface area contributed by atoms with E-state index in [1.54, 1.807) is 18.3 Å². The second kappa shape index (κ2) is 7.92. The molecular formula is C16H21N3O3S. The van der Waals surface area contributed by atoms with E-state index in [1.165, 1.54) is 0 Å². The number of carbonyl (C=O) groups excluding carboxylic acids is 2. The van der Waals surface area contributed by atoms with E-state index in [-0.39, 0.29) is 24.2 Å². The Morgan fingerprint density at radius 3 is 2.70 bits per heavy atom. The van der Waals surface area contributed by atoms with Crippen LogP contribution in [0.5, 0.6) is 0 Å². The van der Waals surface area contributed by atoms with Crippen molar-refractivity contribution in [1.82, 2.24) is 15.6 Å². The molecule has 23 heavy (non-hydrogen) atoms. The summed E-state index contributed by atoms with van der Waals surface area (Å²) in [4.78, 5) is 28.7. The van der Waals surface area contributed by atoms with Crippen molar-refractivity contribution >= 4 is 23.2 Å². The number of oxazole rings is 1. The average molecular weight is 335 g/mol. The molecule has 0 unspecified atom stereocenters. The fraction of sp³-hybridized carbons (Fsp3) is 0.438. The number of carbonyl (C=O) groups is 2. The van der Waals surface area contributed by atoms with E-state index in [1.807, 2.05) is 31.4 Å². The molecule has 0 fully saturated rings. The molecule has 0 aliphatic carbocycles. The smallest absolute Gasteiger partial charge is 0.236 e. The molecule has 2 heterocycles. The Labute approximate surface area is 139 Å². The normalized spacial score (nSPS) is 10.8. The van der Waals surface area contributed by atoms with Gasteiger partial charge in [-0.3, -0.25) is 9.59 Å². The average Bonchev–Trinajstić information content (AvgIpc) is 3.13. The van der Waals surface area contributed by atoms with Gasteiger partial charge in [0.15, 0.2) is 0 Å². The minimum Gasteiger partial charge on any atom is -0.440 e. The van der Waals surface area contributed by atoms with Crippen LogP contribution in [-0.2, 0) is 16.0 Å². The molecular weight excluding hydrogens is 314 g/mol. The fourth-order valence-corrected chi connectivity index (χ4v) is 2.55. The topological polar surface area (TPSA) is 84.2 Å². The van der Waals surface area contributed by atoms with Gasteiger partial charge in [0, 0.05) is 19.0 Å². The van der Waals surface area contributed by atoms with Crippen molar-refractivity contribution in [3.05, 3.63) is 29.0 Å². The molecule has 6 nitrogen and oxygen atoms in total. The Morgan fingerprint density at radius 2 is 2.04 bits per heavy atom. The van der Waals surface area contributed by atoms with Crippen LogP contribution < -0.4 is 10.6 Å². The highest BCUT2D eigenvalue weighted by Crippen LogP contribution is 2.25. The SMILES string of the molecule is Cc1oc(-c2cccs2)nc1CC(=O)NCCNC(=O)C(C)C. The molecule has 0 aliphatic heterocycles. The van der Waals surface area contributed by atoms with Crippen molar-refractivity contribution in [2.45, 2.75) is 27.2 Å². The number of rotatable bonds is 7. The third kappa shape index (κ3) is 4.92. The van der Waals surface area contributed by atoms with Crippen LogP contribution in [0.25, 0.3) is 10.8 Å². The molecule has 0 spiro atoms. The number of hydrogen-bond acceptors (Lipinski definition) is 5. The minimum atomic E-state index is -0.141. The summed E-state index contributed by atoms with van der Waals surface area (Å²) in [6, 6.07) is 3.86. The zero-order valence-electron chi connectivity index (χ0n) is 13.5. The zero-order valence-corrected chi connectivity index (χ0v) is 14.3. The first-order valence-electron chi connectivity index (χ1n) is 7.52. The molecule has 0 saturated heterocycles. The summed E-state index contributed by atoms with van der Waals surface area (Å²) in [6.45, 7) is 6.27. The van der Waals surface area contributed by atoms with Crippen molar-refractivity contribution in [2.24, 2.45) is 5.92 Å². The summed E-state index contributed by atoms with van der Waals surface area (Å²) in [5.74, 6) is 0.977. The molecule has 0 radical (unpaired) electrons. The van der Waals surface area contributed by atoms with Crippen molar-refractivity contribution in [3.8, 4) is 10.8 Å². The van der Waals surface area contributed by atoms with Crippen molar-refractivity contribution in [2.75, 3.05) is 13.1 Å². The van der Waals surface area contributed by atoms with E-state index in [0.717, 1.165) is 4.88 Å². The first kappa shape index (κ1) is 17.2. The lowest BCUT2D eigenvalue weighted by Gasteiger charge is -2.08. The van der Waals surface area contributed by atoms with Gasteiger partial charge in [-0.2, -0.15) is 0 Å². The van der Waals surface area contributed by atoms with E-state index in [4.69, 9.17) is 4.42 Å². The van der Waals surface area contributed by atoms with Crippen LogP contribution in [0.3, 0.4) is 0 Å². The van der Waals surface area contributed by atoms with Crippen molar-refractivity contribution in [3.63, 3.8) is 0 Å². The van der Waals surface area contributed by atoms with Crippen LogP contribution in [0.1, 0.15) is 25.3 Å². The molecule has 124 valence electrons. The summed E-state index contributed by atoms with van der Waals surface area (Å²) in [6.07, 6.45) is 0.166. The van der Waals surface area contributed by atoms with Crippen molar-refractivity contribution < 1.29 is 14.0 Å². The van der Waals surface area contributed by atoms with Gasteiger partial charge in [-0.05, 0) is 18.4 Å². The van der Waals surface area contributed by atoms with Gasteiger partial charge in [-0.1, -0.05) is 19.9 Å². The molecule has 2 rings (SSSR count). The second-order valence-corrected chi connectivity index (χ2v) is 6.42. The lowest BCUT2D eigenvalue weighted by Crippen LogP contribution is -2.36. The van der Waals surface area contributed by atoms with Crippen LogP contribution in [0.2, 0.25) is 0 Å². The van der Waals surface area contributed by atoms with Crippen LogP contribution in [0.4, 0.5) is 0 Å². The number of nitrogens with one attached hydrogen (secondary N) is 2. The van der Waals surface area contributed by atoms with E-state index < -0.39 is 0 Å². The van der Waals surface area contributed by atoms with Gasteiger partial charge in [0.1, 0.15) is 5.76 Å². The Balaban J connectivity index is 1.80. The van der Waals surface area contributed by atoms with Gasteiger partial charge in [-0.25, -0.2) is 4.98 Å². The first-order valence-corrected chi connectivity index (χ1v) is 8.40. The Kier molecular flexibility index (Phi) is 5.92. The van der Waals surface area contributed by atoms with E-state index >= 15 is 0 Å². The predicted octanol–water partition coefficient (Wildman–Crippen LogP) is 2.14. The van der Waals surface area contributed by atoms with Crippen LogP contribution in [0, 0.1) is 12.8 Å². The molecule has 2 aromatic rings. The molecule has 0 atom stereocenters. The second-order valence-electron chi connectivity index (χ2n) is 5.47. The highest BCUT2D eigenvalue weighted by atomic mass is 32.1. The third-order valence-corrected chi connectivity index (χ3v) is 4.08. The van der Waals surface area contributed by atoms with Gasteiger partial charge in [0.2, 0.25) is 17.7 Å². The van der Waals surface area contributed by atoms with Crippen LogP contribution >= 0.6 is 11.3 Å². The highest BCUT2D eigenvalue weighted by Gasteiger charge is 2.15. The van der Waals surface area contributed by atoms with Crippen LogP contribution in [-0.4, -0.2) is 29.9 Å². The zero-order chi connectivity index (χ0) is 16.8. The van der Waals surface area contributed by atoms with Crippen LogP contribution in [0.15, 0.2) is 21.9 Å². The predicted molar refractivity (Wildman–Crippen MR) is 89.1 cm³/mol. The van der Waals surface area contributed by atoms with Gasteiger partial charge in [0.25, 0.3) is 0 Å². The third-order valence-electron chi connectivity index (χ3n) is 3.22. The fourth-order valence-electron chi connectivity index (χ4n) is 1.90. The highest BCUT2D eigenvalue weighted by molar-refractivity contribution is 7.13. The van der Waals surface area contributed by atoms with Crippen molar-refractivity contribution in [1.29, 1.82) is 0 Å². The molecule has 0 bridgehead atoms. The van der Waals surface area contributed by atoms with E-state index in [9.17, 15) is 9.59 Å². The first-order chi connectivity index (χ1) is 11.0. The maximum absolute atomic E-state index is 11.9. The van der Waals surface area contributed by atoms with Gasteiger partial charge < -0.3 is 15.1 Å². The van der Waals surface area contributed by atoms with Gasteiger partial charge in [-0.15, -0.1) is 11.3 Å². The Hall–Kier alpha value is -2.15. The number of amides is 2. The number of thiophene rings is 1. The summed E-state index contributed by atoms with van der Waals surface area (Å²) >= 11 is 1.54. The Morgan fingerprint density at radius 1 is 1.30 bits per heavy atom. The number of aryl methyl sites for hydroxylation is 1. The molecule has 2 N–H and O–H groups in total. The summed E-state index contributed by atoms with van der Waals surface area (Å²) in [5.41, 5.74) is 0.636. The lowest BCUT2D eigenvalue weighted by atomic mass is 10.2. The maximum atomic E-state index is 11.9. The standard InChI is InChI=1S/C16H21N3O3S/c1-10(2)15(21)18-7-6-17-14(20)9-12-11(3)22-16(19-12)13-5-4-8-23-13/h4-5,8,10H,6-7,9H2,1-3H3,(H,17,20)(H,18,21). The summed E-state index contributed by atoms with van der Waals surface area (Å²) in [7, 11) is 0.